The SMILES string of the molecule is CC(C)[C@H]1C(=O)Nc2ccccc2N1C(=O)N[C@@H](C(=O)N1CCC(C(=O)O)CC1)C(C)C. The van der Waals surface area contributed by atoms with Crippen molar-refractivity contribution in [1.82, 2.24) is 10.2 Å². The molecule has 0 aromatic heterocycles. The van der Waals surface area contributed by atoms with Crippen LogP contribution < -0.4 is 15.5 Å². The van der Waals surface area contributed by atoms with E-state index in [4.69, 9.17) is 0 Å². The number of carbonyl (C=O) groups is 4. The molecule has 2 aliphatic rings. The summed E-state index contributed by atoms with van der Waals surface area (Å²) in [5, 5.41) is 14.9. The van der Waals surface area contributed by atoms with Crippen molar-refractivity contribution in [3.05, 3.63) is 24.3 Å². The summed E-state index contributed by atoms with van der Waals surface area (Å²) in [7, 11) is 0. The van der Waals surface area contributed by atoms with E-state index in [1.165, 1.54) is 4.90 Å². The first-order chi connectivity index (χ1) is 15.1. The number of fused-ring (bicyclic) bond motifs is 1. The number of piperidine rings is 1. The molecule has 2 aliphatic heterocycles. The molecule has 3 rings (SSSR count). The van der Waals surface area contributed by atoms with Gasteiger partial charge in [-0.05, 0) is 36.8 Å². The highest BCUT2D eigenvalue weighted by atomic mass is 16.4. The second-order valence-corrected chi connectivity index (χ2v) is 9.17. The standard InChI is InChI=1S/C23H32N4O5/c1-13(2)18(21(29)26-11-9-15(10-12-26)22(30)31)25-23(32)27-17-8-6-5-7-16(17)24-20(28)19(27)14(3)4/h5-8,13-15,18-19H,9-12H2,1-4H3,(H,24,28)(H,25,32)(H,30,31)/t18-,19+/m1/s1. The third-order valence-electron chi connectivity index (χ3n) is 6.19. The average Bonchev–Trinajstić information content (AvgIpc) is 2.75. The topological polar surface area (TPSA) is 119 Å². The highest BCUT2D eigenvalue weighted by molar-refractivity contribution is 6.12. The third kappa shape index (κ3) is 4.71. The molecular weight excluding hydrogens is 412 g/mol. The van der Waals surface area contributed by atoms with Crippen LogP contribution in [0, 0.1) is 17.8 Å². The molecule has 0 radical (unpaired) electrons. The van der Waals surface area contributed by atoms with Gasteiger partial charge in [-0.2, -0.15) is 0 Å². The van der Waals surface area contributed by atoms with Crippen molar-refractivity contribution in [3.8, 4) is 0 Å². The van der Waals surface area contributed by atoms with Crippen LogP contribution in [0.1, 0.15) is 40.5 Å². The summed E-state index contributed by atoms with van der Waals surface area (Å²) in [5.74, 6) is -2.11. The van der Waals surface area contributed by atoms with Crippen LogP contribution in [0.2, 0.25) is 0 Å². The van der Waals surface area contributed by atoms with Crippen molar-refractivity contribution in [2.45, 2.75) is 52.6 Å². The number of carbonyl (C=O) groups excluding carboxylic acids is 3. The third-order valence-corrected chi connectivity index (χ3v) is 6.19. The number of aliphatic carboxylic acids is 1. The molecule has 1 fully saturated rings. The number of carboxylic acid groups (broad SMARTS) is 1. The van der Waals surface area contributed by atoms with Crippen molar-refractivity contribution in [2.24, 2.45) is 17.8 Å². The van der Waals surface area contributed by atoms with E-state index in [-0.39, 0.29) is 23.7 Å². The van der Waals surface area contributed by atoms with Gasteiger partial charge in [-0.25, -0.2) is 4.79 Å². The van der Waals surface area contributed by atoms with Crippen molar-refractivity contribution in [2.75, 3.05) is 23.3 Å². The van der Waals surface area contributed by atoms with Gasteiger partial charge in [-0.15, -0.1) is 0 Å². The Balaban J connectivity index is 1.81. The number of urea groups is 1. The fourth-order valence-electron chi connectivity index (χ4n) is 4.36. The van der Waals surface area contributed by atoms with Gasteiger partial charge in [0.2, 0.25) is 11.8 Å². The van der Waals surface area contributed by atoms with Crippen LogP contribution in [0.15, 0.2) is 24.3 Å². The Morgan fingerprint density at radius 1 is 1.09 bits per heavy atom. The van der Waals surface area contributed by atoms with Gasteiger partial charge in [0.15, 0.2) is 0 Å². The lowest BCUT2D eigenvalue weighted by Crippen LogP contribution is -2.61. The summed E-state index contributed by atoms with van der Waals surface area (Å²) in [6.45, 7) is 8.14. The number of nitrogens with one attached hydrogen (secondary N) is 2. The van der Waals surface area contributed by atoms with Crippen LogP contribution in [-0.4, -0.2) is 59.0 Å². The summed E-state index contributed by atoms with van der Waals surface area (Å²) >= 11 is 0. The molecule has 4 amide bonds. The number of likely N-dealkylation sites (tertiary alicyclic amines) is 1. The van der Waals surface area contributed by atoms with E-state index in [0.717, 1.165) is 0 Å². The monoisotopic (exact) mass is 444 g/mol. The van der Waals surface area contributed by atoms with Gasteiger partial charge in [0.05, 0.1) is 17.3 Å². The number of hydrogen-bond acceptors (Lipinski definition) is 4. The van der Waals surface area contributed by atoms with Crippen LogP contribution in [0.4, 0.5) is 16.2 Å². The average molecular weight is 445 g/mol. The lowest BCUT2D eigenvalue weighted by molar-refractivity contribution is -0.146. The quantitative estimate of drug-likeness (QED) is 0.645. The minimum atomic E-state index is -0.840. The molecule has 1 aromatic rings. The largest absolute Gasteiger partial charge is 0.481 e. The number of amides is 4. The molecule has 1 aromatic carbocycles. The fraction of sp³-hybridized carbons (Fsp3) is 0.565. The van der Waals surface area contributed by atoms with Crippen molar-refractivity contribution < 1.29 is 24.3 Å². The van der Waals surface area contributed by atoms with Gasteiger partial charge in [0.1, 0.15) is 12.1 Å². The molecule has 174 valence electrons. The van der Waals surface area contributed by atoms with Crippen molar-refractivity contribution >= 4 is 35.2 Å². The van der Waals surface area contributed by atoms with Crippen molar-refractivity contribution in [1.29, 1.82) is 0 Å². The maximum atomic E-state index is 13.5. The zero-order chi connectivity index (χ0) is 23.6. The predicted octanol–water partition coefficient (Wildman–Crippen LogP) is 2.53. The first-order valence-electron chi connectivity index (χ1n) is 11.1. The molecule has 2 heterocycles. The van der Waals surface area contributed by atoms with E-state index in [9.17, 15) is 24.3 Å². The maximum Gasteiger partial charge on any atom is 0.323 e. The molecule has 0 unspecified atom stereocenters. The van der Waals surface area contributed by atoms with Crippen LogP contribution in [0.25, 0.3) is 0 Å². The Kier molecular flexibility index (Phi) is 7.06. The maximum absolute atomic E-state index is 13.5. The highest BCUT2D eigenvalue weighted by Gasteiger charge is 2.41. The Morgan fingerprint density at radius 3 is 2.28 bits per heavy atom. The Hall–Kier alpha value is -3.10. The first kappa shape index (κ1) is 23.6. The zero-order valence-electron chi connectivity index (χ0n) is 19.0. The molecule has 0 spiro atoms. The Bertz CT molecular complexity index is 892. The number of carboxylic acids is 1. The van der Waals surface area contributed by atoms with Gasteiger partial charge >= 0.3 is 12.0 Å². The van der Waals surface area contributed by atoms with Gasteiger partial charge in [-0.1, -0.05) is 39.8 Å². The summed E-state index contributed by atoms with van der Waals surface area (Å²) in [4.78, 5) is 53.7. The highest BCUT2D eigenvalue weighted by Crippen LogP contribution is 2.34. The first-order valence-corrected chi connectivity index (χ1v) is 11.1. The lowest BCUT2D eigenvalue weighted by Gasteiger charge is -2.40. The normalized spacial score (nSPS) is 20.1. The second-order valence-electron chi connectivity index (χ2n) is 9.17. The van der Waals surface area contributed by atoms with Gasteiger partial charge in [0.25, 0.3) is 0 Å². The van der Waals surface area contributed by atoms with Gasteiger partial charge in [-0.3, -0.25) is 19.3 Å². The molecule has 9 nitrogen and oxygen atoms in total. The van der Waals surface area contributed by atoms with E-state index in [2.05, 4.69) is 10.6 Å². The van der Waals surface area contributed by atoms with Gasteiger partial charge in [0, 0.05) is 13.1 Å². The molecular formula is C23H32N4O5. The summed E-state index contributed by atoms with van der Waals surface area (Å²) in [5.41, 5.74) is 1.13. The minimum Gasteiger partial charge on any atom is -0.481 e. The molecule has 0 bridgehead atoms. The predicted molar refractivity (Wildman–Crippen MR) is 120 cm³/mol. The number of nitrogens with zero attached hydrogens (tertiary/aromatic N) is 2. The molecule has 1 saturated heterocycles. The summed E-state index contributed by atoms with van der Waals surface area (Å²) in [6, 6.07) is 5.10. The van der Waals surface area contributed by atoms with Crippen LogP contribution >= 0.6 is 0 Å². The van der Waals surface area contributed by atoms with E-state index in [1.54, 1.807) is 29.2 Å². The van der Waals surface area contributed by atoms with Crippen LogP contribution in [-0.2, 0) is 14.4 Å². The van der Waals surface area contributed by atoms with E-state index >= 15 is 0 Å². The number of rotatable bonds is 5. The number of anilines is 2. The van der Waals surface area contributed by atoms with Crippen molar-refractivity contribution in [3.63, 3.8) is 0 Å². The zero-order valence-corrected chi connectivity index (χ0v) is 19.0. The Morgan fingerprint density at radius 2 is 1.72 bits per heavy atom. The van der Waals surface area contributed by atoms with Crippen LogP contribution in [0.5, 0.6) is 0 Å². The number of hydrogen-bond donors (Lipinski definition) is 3. The molecule has 0 saturated carbocycles. The van der Waals surface area contributed by atoms with Crippen LogP contribution in [0.3, 0.4) is 0 Å². The fourth-order valence-corrected chi connectivity index (χ4v) is 4.36. The smallest absolute Gasteiger partial charge is 0.323 e. The van der Waals surface area contributed by atoms with Gasteiger partial charge < -0.3 is 20.6 Å². The lowest BCUT2D eigenvalue weighted by atomic mass is 9.95. The summed E-state index contributed by atoms with van der Waals surface area (Å²) < 4.78 is 0. The number of benzene rings is 1. The summed E-state index contributed by atoms with van der Waals surface area (Å²) in [6.07, 6.45) is 0.795. The molecule has 32 heavy (non-hydrogen) atoms. The molecule has 2 atom stereocenters. The van der Waals surface area contributed by atoms with E-state index in [0.29, 0.717) is 37.3 Å². The molecule has 0 aliphatic carbocycles. The second kappa shape index (κ2) is 9.58. The minimum absolute atomic E-state index is 0.141. The molecule has 3 N–H and O–H groups in total. The molecule has 9 heteroatoms. The van der Waals surface area contributed by atoms with E-state index in [1.807, 2.05) is 27.7 Å². The Labute approximate surface area is 188 Å². The number of para-hydroxylation sites is 2. The van der Waals surface area contributed by atoms with E-state index < -0.39 is 30.0 Å².